The van der Waals surface area contributed by atoms with Gasteiger partial charge in [0.05, 0.1) is 5.56 Å². The summed E-state index contributed by atoms with van der Waals surface area (Å²) in [6, 6.07) is 7.55. The van der Waals surface area contributed by atoms with Crippen LogP contribution in [0.1, 0.15) is 24.3 Å². The minimum absolute atomic E-state index is 0.271. The average molecular weight is 364 g/mol. The molecule has 2 aromatic rings. The molecule has 0 saturated heterocycles. The molecule has 0 fully saturated rings. The number of aromatic nitrogens is 1. The van der Waals surface area contributed by atoms with Crippen LogP contribution in [0, 0.1) is 5.82 Å². The second-order valence-corrected chi connectivity index (χ2v) is 5.60. The van der Waals surface area contributed by atoms with Gasteiger partial charge in [0.2, 0.25) is 18.0 Å². The molecule has 1 aliphatic heterocycles. The Bertz CT molecular complexity index is 749. The smallest absolute Gasteiger partial charge is 0.243 e. The van der Waals surface area contributed by atoms with Gasteiger partial charge < -0.3 is 4.74 Å². The lowest BCUT2D eigenvalue weighted by Gasteiger charge is -2.19. The zero-order chi connectivity index (χ0) is 15.7. The van der Waals surface area contributed by atoms with Crippen LogP contribution in [0.15, 0.2) is 52.3 Å². The van der Waals surface area contributed by atoms with Crippen LogP contribution in [0.2, 0.25) is 0 Å². The minimum atomic E-state index is -0.716. The summed E-state index contributed by atoms with van der Waals surface area (Å²) in [4.78, 5) is 15.8. The third-order valence-corrected chi connectivity index (χ3v) is 3.51. The lowest BCUT2D eigenvalue weighted by molar-refractivity contribution is -0.135. The molecule has 0 spiro atoms. The highest BCUT2D eigenvalue weighted by molar-refractivity contribution is 9.10. The standard InChI is InChI=1S/C15H11BrFN3O2/c1-9(21)20-15(10-2-4-13(17)5-3-10)22-14(19-20)11-6-12(16)8-18-7-11/h2-8,15H,1H3. The lowest BCUT2D eigenvalue weighted by atomic mass is 10.2. The second-order valence-electron chi connectivity index (χ2n) is 4.68. The number of amides is 1. The van der Waals surface area contributed by atoms with Crippen molar-refractivity contribution in [2.24, 2.45) is 5.10 Å². The van der Waals surface area contributed by atoms with E-state index < -0.39 is 6.23 Å². The predicted molar refractivity (Wildman–Crippen MR) is 81.2 cm³/mol. The van der Waals surface area contributed by atoms with E-state index in [0.717, 1.165) is 4.47 Å². The predicted octanol–water partition coefficient (Wildman–Crippen LogP) is 3.22. The number of pyridine rings is 1. The molecule has 1 amide bonds. The van der Waals surface area contributed by atoms with Crippen LogP contribution in [-0.2, 0) is 9.53 Å². The number of carbonyl (C=O) groups excluding carboxylic acids is 1. The zero-order valence-corrected chi connectivity index (χ0v) is 13.1. The molecule has 7 heteroatoms. The SMILES string of the molecule is CC(=O)N1N=C(c2cncc(Br)c2)OC1c1ccc(F)cc1. The van der Waals surface area contributed by atoms with E-state index in [-0.39, 0.29) is 11.7 Å². The van der Waals surface area contributed by atoms with E-state index in [2.05, 4.69) is 26.0 Å². The highest BCUT2D eigenvalue weighted by atomic mass is 79.9. The maximum Gasteiger partial charge on any atom is 0.243 e. The molecule has 3 rings (SSSR count). The Balaban J connectivity index is 1.94. The summed E-state index contributed by atoms with van der Waals surface area (Å²) in [7, 11) is 0. The van der Waals surface area contributed by atoms with Crippen molar-refractivity contribution in [3.63, 3.8) is 0 Å². The van der Waals surface area contributed by atoms with E-state index in [1.165, 1.54) is 24.1 Å². The van der Waals surface area contributed by atoms with Crippen LogP contribution in [0.5, 0.6) is 0 Å². The first-order valence-electron chi connectivity index (χ1n) is 6.46. The van der Waals surface area contributed by atoms with Crippen molar-refractivity contribution in [3.8, 4) is 0 Å². The second kappa shape index (κ2) is 5.84. The van der Waals surface area contributed by atoms with Gasteiger partial charge in [-0.3, -0.25) is 9.78 Å². The average Bonchev–Trinajstić information content (AvgIpc) is 2.93. The molecule has 0 bridgehead atoms. The molecule has 1 unspecified atom stereocenters. The molecule has 1 aliphatic rings. The highest BCUT2D eigenvalue weighted by Gasteiger charge is 2.33. The number of hydrazone groups is 1. The normalized spacial score (nSPS) is 17.1. The number of benzene rings is 1. The van der Waals surface area contributed by atoms with E-state index in [0.29, 0.717) is 17.0 Å². The Labute approximate surface area is 134 Å². The fourth-order valence-corrected chi connectivity index (χ4v) is 2.42. The molecule has 22 heavy (non-hydrogen) atoms. The number of hydrogen-bond donors (Lipinski definition) is 0. The van der Waals surface area contributed by atoms with Gasteiger partial charge in [-0.15, -0.1) is 5.10 Å². The number of halogens is 2. The molecule has 0 N–H and O–H groups in total. The van der Waals surface area contributed by atoms with Crippen LogP contribution in [0.4, 0.5) is 4.39 Å². The molecule has 0 radical (unpaired) electrons. The number of hydrogen-bond acceptors (Lipinski definition) is 4. The lowest BCUT2D eigenvalue weighted by Crippen LogP contribution is -2.25. The summed E-state index contributed by atoms with van der Waals surface area (Å²) in [6.07, 6.45) is 2.51. The van der Waals surface area contributed by atoms with Gasteiger partial charge >= 0.3 is 0 Å². The van der Waals surface area contributed by atoms with E-state index in [1.807, 2.05) is 0 Å². The van der Waals surface area contributed by atoms with Crippen molar-refractivity contribution in [2.75, 3.05) is 0 Å². The van der Waals surface area contributed by atoms with Crippen molar-refractivity contribution in [1.82, 2.24) is 9.99 Å². The van der Waals surface area contributed by atoms with E-state index in [4.69, 9.17) is 4.74 Å². The Morgan fingerprint density at radius 2 is 2.05 bits per heavy atom. The van der Waals surface area contributed by atoms with Crippen LogP contribution in [-0.4, -0.2) is 21.8 Å². The van der Waals surface area contributed by atoms with Crippen LogP contribution in [0.25, 0.3) is 0 Å². The first-order chi connectivity index (χ1) is 10.5. The highest BCUT2D eigenvalue weighted by Crippen LogP contribution is 2.30. The number of nitrogens with zero attached hydrogens (tertiary/aromatic N) is 3. The quantitative estimate of drug-likeness (QED) is 0.822. The van der Waals surface area contributed by atoms with Gasteiger partial charge in [0.25, 0.3) is 0 Å². The fraction of sp³-hybridized carbons (Fsp3) is 0.133. The van der Waals surface area contributed by atoms with Crippen LogP contribution in [0.3, 0.4) is 0 Å². The molecule has 5 nitrogen and oxygen atoms in total. The van der Waals surface area contributed by atoms with E-state index >= 15 is 0 Å². The summed E-state index contributed by atoms with van der Waals surface area (Å²) in [5, 5.41) is 5.43. The van der Waals surface area contributed by atoms with Crippen molar-refractivity contribution >= 4 is 27.7 Å². The fourth-order valence-electron chi connectivity index (χ4n) is 2.06. The molecule has 0 aliphatic carbocycles. The summed E-state index contributed by atoms with van der Waals surface area (Å²) in [6.45, 7) is 1.39. The van der Waals surface area contributed by atoms with Crippen molar-refractivity contribution in [1.29, 1.82) is 0 Å². The molecule has 1 aromatic heterocycles. The topological polar surface area (TPSA) is 54.8 Å². The Morgan fingerprint density at radius 3 is 2.68 bits per heavy atom. The van der Waals surface area contributed by atoms with Gasteiger partial charge in [-0.25, -0.2) is 4.39 Å². The molecule has 1 aromatic carbocycles. The van der Waals surface area contributed by atoms with Gasteiger partial charge in [0, 0.05) is 29.4 Å². The monoisotopic (exact) mass is 363 g/mol. The van der Waals surface area contributed by atoms with Gasteiger partial charge in [-0.2, -0.15) is 5.01 Å². The Morgan fingerprint density at radius 1 is 1.32 bits per heavy atom. The van der Waals surface area contributed by atoms with Gasteiger partial charge in [-0.1, -0.05) is 12.1 Å². The molecule has 2 heterocycles. The summed E-state index contributed by atoms with van der Waals surface area (Å²) in [5.41, 5.74) is 1.28. The van der Waals surface area contributed by atoms with Gasteiger partial charge in [0.15, 0.2) is 0 Å². The maximum absolute atomic E-state index is 13.1. The molecule has 1 atom stereocenters. The largest absolute Gasteiger partial charge is 0.446 e. The van der Waals surface area contributed by atoms with E-state index in [9.17, 15) is 9.18 Å². The summed E-state index contributed by atoms with van der Waals surface area (Å²) >= 11 is 3.33. The third-order valence-electron chi connectivity index (χ3n) is 3.07. The van der Waals surface area contributed by atoms with Crippen LogP contribution >= 0.6 is 15.9 Å². The number of carbonyl (C=O) groups is 1. The number of ether oxygens (including phenoxy) is 1. The summed E-state index contributed by atoms with van der Waals surface area (Å²) in [5.74, 6) is -0.334. The van der Waals surface area contributed by atoms with Crippen LogP contribution < -0.4 is 0 Å². The number of rotatable bonds is 2. The van der Waals surface area contributed by atoms with Crippen molar-refractivity contribution in [3.05, 3.63) is 64.1 Å². The molecule has 112 valence electrons. The maximum atomic E-state index is 13.1. The Hall–Kier alpha value is -2.28. The van der Waals surface area contributed by atoms with Crippen molar-refractivity contribution in [2.45, 2.75) is 13.2 Å². The zero-order valence-electron chi connectivity index (χ0n) is 11.5. The first kappa shape index (κ1) is 14.6. The molecular weight excluding hydrogens is 353 g/mol. The van der Waals surface area contributed by atoms with Gasteiger partial charge in [-0.05, 0) is 34.1 Å². The molecular formula is C15H11BrFN3O2. The third kappa shape index (κ3) is 2.85. The van der Waals surface area contributed by atoms with Gasteiger partial charge in [0.1, 0.15) is 5.82 Å². The van der Waals surface area contributed by atoms with E-state index in [1.54, 1.807) is 30.6 Å². The minimum Gasteiger partial charge on any atom is -0.446 e. The first-order valence-corrected chi connectivity index (χ1v) is 7.25. The van der Waals surface area contributed by atoms with Crippen molar-refractivity contribution < 1.29 is 13.9 Å². The Kier molecular flexibility index (Phi) is 3.89. The molecule has 0 saturated carbocycles. The summed E-state index contributed by atoms with van der Waals surface area (Å²) < 4.78 is 19.6.